The summed E-state index contributed by atoms with van der Waals surface area (Å²) in [7, 11) is 0. The second-order valence-corrected chi connectivity index (χ2v) is 5.39. The van der Waals surface area contributed by atoms with Crippen LogP contribution in [0.5, 0.6) is 0 Å². The molecule has 1 saturated heterocycles. The zero-order valence-corrected chi connectivity index (χ0v) is 11.6. The number of pyridine rings is 1. The van der Waals surface area contributed by atoms with Crippen LogP contribution in [-0.4, -0.2) is 23.0 Å². The summed E-state index contributed by atoms with van der Waals surface area (Å²) in [6, 6.07) is 4.84. The molecule has 94 valence electrons. The molecule has 1 atom stereocenters. The largest absolute Gasteiger partial charge is 0.350 e. The number of rotatable bonds is 4. The summed E-state index contributed by atoms with van der Waals surface area (Å²) in [5, 5.41) is 0. The van der Waals surface area contributed by atoms with E-state index in [0.29, 0.717) is 6.04 Å². The van der Waals surface area contributed by atoms with Gasteiger partial charge in [0.2, 0.25) is 0 Å². The minimum atomic E-state index is 0.605. The van der Waals surface area contributed by atoms with Crippen LogP contribution in [0.1, 0.15) is 49.9 Å². The van der Waals surface area contributed by atoms with Crippen LogP contribution in [-0.2, 0) is 0 Å². The number of H-pyrrole nitrogens is 1. The Morgan fingerprint density at radius 1 is 1.47 bits per heavy atom. The van der Waals surface area contributed by atoms with Crippen molar-refractivity contribution in [2.45, 2.75) is 45.6 Å². The Labute approximate surface area is 109 Å². The van der Waals surface area contributed by atoms with Crippen molar-refractivity contribution in [2.24, 2.45) is 0 Å². The second kappa shape index (κ2) is 5.78. The predicted octanol–water partition coefficient (Wildman–Crippen LogP) is 3.99. The topological polar surface area (TPSA) is 19.0 Å². The number of nitrogens with zero attached hydrogens (tertiary/aromatic N) is 1. The zero-order valence-electron chi connectivity index (χ0n) is 10.8. The summed E-state index contributed by atoms with van der Waals surface area (Å²) in [5.74, 6) is 0. The van der Waals surface area contributed by atoms with Crippen LogP contribution in [0.25, 0.3) is 0 Å². The summed E-state index contributed by atoms with van der Waals surface area (Å²) in [6.45, 7) is 6.88. The molecular formula is C14H22N2S. The van der Waals surface area contributed by atoms with Gasteiger partial charge in [0.1, 0.15) is 4.64 Å². The molecule has 1 aromatic rings. The maximum absolute atomic E-state index is 5.16. The van der Waals surface area contributed by atoms with Gasteiger partial charge in [0.05, 0.1) is 0 Å². The lowest BCUT2D eigenvalue weighted by molar-refractivity contribution is 0.252. The normalized spacial score (nSPS) is 20.9. The molecule has 0 saturated carbocycles. The molecular weight excluding hydrogens is 228 g/mol. The number of aromatic amines is 1. The number of nitrogens with one attached hydrogen (secondary N) is 1. The van der Waals surface area contributed by atoms with E-state index in [-0.39, 0.29) is 0 Å². The minimum absolute atomic E-state index is 0.605. The predicted molar refractivity (Wildman–Crippen MR) is 74.8 cm³/mol. The molecule has 2 nitrogen and oxygen atoms in total. The summed E-state index contributed by atoms with van der Waals surface area (Å²) in [6.07, 6.45) is 5.19. The van der Waals surface area contributed by atoms with E-state index < -0.39 is 0 Å². The highest BCUT2D eigenvalue weighted by atomic mass is 32.1. The Hall–Kier alpha value is -0.670. The molecule has 0 bridgehead atoms. The fourth-order valence-electron chi connectivity index (χ4n) is 2.76. The van der Waals surface area contributed by atoms with Crippen molar-refractivity contribution in [2.75, 3.05) is 13.1 Å². The van der Waals surface area contributed by atoms with E-state index in [9.17, 15) is 0 Å². The highest BCUT2D eigenvalue weighted by Crippen LogP contribution is 2.33. The van der Waals surface area contributed by atoms with Crippen molar-refractivity contribution in [1.29, 1.82) is 0 Å². The molecule has 2 rings (SSSR count). The molecule has 0 spiro atoms. The third-order valence-corrected chi connectivity index (χ3v) is 3.92. The summed E-state index contributed by atoms with van der Waals surface area (Å²) >= 11 is 5.16. The quantitative estimate of drug-likeness (QED) is 0.815. The number of unbranched alkanes of at least 4 members (excludes halogenated alkanes) is 1. The van der Waals surface area contributed by atoms with Gasteiger partial charge in [-0.15, -0.1) is 0 Å². The SMILES string of the molecule is CCCCN1CCCC1c1ccc(=S)[nH]c1C. The Bertz CT molecular complexity index is 424. The van der Waals surface area contributed by atoms with E-state index in [2.05, 4.69) is 29.8 Å². The van der Waals surface area contributed by atoms with Gasteiger partial charge < -0.3 is 4.98 Å². The molecule has 0 aromatic carbocycles. The van der Waals surface area contributed by atoms with Gasteiger partial charge >= 0.3 is 0 Å². The molecule has 1 N–H and O–H groups in total. The van der Waals surface area contributed by atoms with Gasteiger partial charge in [-0.05, 0) is 50.9 Å². The lowest BCUT2D eigenvalue weighted by Gasteiger charge is -2.25. The standard InChI is InChI=1S/C14H22N2S/c1-3-4-9-16-10-5-6-13(16)12-7-8-14(17)15-11(12)2/h7-8,13H,3-6,9-10H2,1-2H3,(H,15,17). The first-order chi connectivity index (χ1) is 8.22. The van der Waals surface area contributed by atoms with Crippen LogP contribution in [0.4, 0.5) is 0 Å². The van der Waals surface area contributed by atoms with Crippen molar-refractivity contribution in [3.05, 3.63) is 28.0 Å². The number of aryl methyl sites for hydroxylation is 1. The maximum Gasteiger partial charge on any atom is 0.103 e. The maximum atomic E-state index is 5.16. The van der Waals surface area contributed by atoms with E-state index in [1.807, 2.05) is 6.07 Å². The molecule has 1 aromatic heterocycles. The van der Waals surface area contributed by atoms with E-state index >= 15 is 0 Å². The first-order valence-electron chi connectivity index (χ1n) is 6.66. The van der Waals surface area contributed by atoms with Gasteiger partial charge in [-0.1, -0.05) is 31.6 Å². The lowest BCUT2D eigenvalue weighted by Crippen LogP contribution is -2.25. The summed E-state index contributed by atoms with van der Waals surface area (Å²) < 4.78 is 0.837. The second-order valence-electron chi connectivity index (χ2n) is 4.95. The van der Waals surface area contributed by atoms with Crippen LogP contribution in [0, 0.1) is 11.6 Å². The fraction of sp³-hybridized carbons (Fsp3) is 0.643. The number of hydrogen-bond acceptors (Lipinski definition) is 2. The number of likely N-dealkylation sites (tertiary alicyclic amines) is 1. The van der Waals surface area contributed by atoms with Crippen LogP contribution in [0.15, 0.2) is 12.1 Å². The van der Waals surface area contributed by atoms with Crippen molar-refractivity contribution in [3.63, 3.8) is 0 Å². The highest BCUT2D eigenvalue weighted by molar-refractivity contribution is 7.71. The van der Waals surface area contributed by atoms with Crippen molar-refractivity contribution >= 4 is 12.2 Å². The van der Waals surface area contributed by atoms with E-state index in [1.165, 1.54) is 50.0 Å². The van der Waals surface area contributed by atoms with Crippen molar-refractivity contribution in [1.82, 2.24) is 9.88 Å². The van der Waals surface area contributed by atoms with Crippen LogP contribution in [0.3, 0.4) is 0 Å². The van der Waals surface area contributed by atoms with Crippen molar-refractivity contribution < 1.29 is 0 Å². The van der Waals surface area contributed by atoms with Crippen LogP contribution >= 0.6 is 12.2 Å². The molecule has 2 heterocycles. The molecule has 1 aliphatic heterocycles. The molecule has 0 amide bonds. The first-order valence-corrected chi connectivity index (χ1v) is 7.07. The van der Waals surface area contributed by atoms with Gasteiger partial charge in [-0.2, -0.15) is 0 Å². The van der Waals surface area contributed by atoms with E-state index in [1.54, 1.807) is 0 Å². The van der Waals surface area contributed by atoms with Gasteiger partial charge in [-0.25, -0.2) is 0 Å². The molecule has 1 fully saturated rings. The highest BCUT2D eigenvalue weighted by Gasteiger charge is 2.26. The van der Waals surface area contributed by atoms with Gasteiger partial charge in [-0.3, -0.25) is 4.90 Å². The number of aromatic nitrogens is 1. The van der Waals surface area contributed by atoms with E-state index in [0.717, 1.165) is 4.64 Å². The molecule has 3 heteroatoms. The monoisotopic (exact) mass is 250 g/mol. The summed E-state index contributed by atoms with van der Waals surface area (Å²) in [5.41, 5.74) is 2.68. The molecule has 17 heavy (non-hydrogen) atoms. The Morgan fingerprint density at radius 3 is 3.00 bits per heavy atom. The van der Waals surface area contributed by atoms with Crippen LogP contribution in [0.2, 0.25) is 0 Å². The Morgan fingerprint density at radius 2 is 2.29 bits per heavy atom. The minimum Gasteiger partial charge on any atom is -0.350 e. The summed E-state index contributed by atoms with van der Waals surface area (Å²) in [4.78, 5) is 5.91. The van der Waals surface area contributed by atoms with Crippen molar-refractivity contribution in [3.8, 4) is 0 Å². The van der Waals surface area contributed by atoms with Gasteiger partial charge in [0, 0.05) is 11.7 Å². The third-order valence-electron chi connectivity index (χ3n) is 3.68. The first kappa shape index (κ1) is 12.8. The van der Waals surface area contributed by atoms with Crippen LogP contribution < -0.4 is 0 Å². The Balaban J connectivity index is 2.17. The average molecular weight is 250 g/mol. The van der Waals surface area contributed by atoms with E-state index in [4.69, 9.17) is 12.2 Å². The number of hydrogen-bond donors (Lipinski definition) is 1. The molecule has 1 unspecified atom stereocenters. The van der Waals surface area contributed by atoms with Gasteiger partial charge in [0.15, 0.2) is 0 Å². The van der Waals surface area contributed by atoms with Gasteiger partial charge in [0.25, 0.3) is 0 Å². The Kier molecular flexibility index (Phi) is 4.35. The molecule has 1 aliphatic rings. The third kappa shape index (κ3) is 2.96. The smallest absolute Gasteiger partial charge is 0.103 e. The zero-order chi connectivity index (χ0) is 12.3. The fourth-order valence-corrected chi connectivity index (χ4v) is 2.98. The average Bonchev–Trinajstić information content (AvgIpc) is 2.74. The molecule has 0 radical (unpaired) electrons. The lowest BCUT2D eigenvalue weighted by atomic mass is 10.0. The molecule has 0 aliphatic carbocycles.